The summed E-state index contributed by atoms with van der Waals surface area (Å²) in [6.45, 7) is 0. The summed E-state index contributed by atoms with van der Waals surface area (Å²) in [5.74, 6) is 0.674. The van der Waals surface area contributed by atoms with E-state index in [9.17, 15) is 0 Å². The highest BCUT2D eigenvalue weighted by atomic mass is 79.9. The molecule has 0 bridgehead atoms. The van der Waals surface area contributed by atoms with E-state index in [4.69, 9.17) is 5.26 Å². The smallest absolute Gasteiger partial charge is 0.213 e. The molecule has 54 valence electrons. The Labute approximate surface area is 70.6 Å². The molecule has 0 fully saturated rings. The number of hydrogen-bond acceptors (Lipinski definition) is 2. The van der Waals surface area contributed by atoms with Crippen LogP contribution < -0.4 is 0 Å². The Morgan fingerprint density at radius 2 is 2.55 bits per heavy atom. The summed E-state index contributed by atoms with van der Waals surface area (Å²) in [6.07, 6.45) is 3.26. The quantitative estimate of drug-likeness (QED) is 0.713. The van der Waals surface area contributed by atoms with Crippen molar-refractivity contribution in [2.75, 3.05) is 0 Å². The molecule has 0 saturated heterocycles. The van der Waals surface area contributed by atoms with Crippen molar-refractivity contribution in [3.8, 4) is 6.07 Å². The van der Waals surface area contributed by atoms with Crippen LogP contribution in [0.2, 0.25) is 0 Å². The summed E-state index contributed by atoms with van der Waals surface area (Å²) in [6, 6.07) is 2.04. The van der Waals surface area contributed by atoms with E-state index in [-0.39, 0.29) is 0 Å². The van der Waals surface area contributed by atoms with Crippen molar-refractivity contribution in [2.45, 2.75) is 0 Å². The number of hydrogen-bond donors (Lipinski definition) is 1. The summed E-state index contributed by atoms with van der Waals surface area (Å²) in [4.78, 5) is 6.86. The second kappa shape index (κ2) is 2.10. The third-order valence-electron chi connectivity index (χ3n) is 1.41. The van der Waals surface area contributed by atoms with Crippen LogP contribution in [-0.2, 0) is 0 Å². The van der Waals surface area contributed by atoms with Gasteiger partial charge in [0.15, 0.2) is 0 Å². The Morgan fingerprint density at radius 3 is 3.27 bits per heavy atom. The van der Waals surface area contributed by atoms with Gasteiger partial charge in [-0.15, -0.1) is 0 Å². The number of aromatic amines is 1. The van der Waals surface area contributed by atoms with Gasteiger partial charge in [0.05, 0.1) is 6.20 Å². The number of nitriles is 1. The van der Waals surface area contributed by atoms with E-state index in [1.54, 1.807) is 16.8 Å². The summed E-state index contributed by atoms with van der Waals surface area (Å²) in [5.41, 5.74) is 0.546. The van der Waals surface area contributed by atoms with Gasteiger partial charge in [-0.3, -0.25) is 4.40 Å². The van der Waals surface area contributed by atoms with Crippen LogP contribution in [0.15, 0.2) is 17.0 Å². The molecule has 0 saturated carbocycles. The maximum Gasteiger partial charge on any atom is 0.213 e. The van der Waals surface area contributed by atoms with Gasteiger partial charge in [0.1, 0.15) is 16.4 Å². The van der Waals surface area contributed by atoms with Gasteiger partial charge >= 0.3 is 0 Å². The minimum atomic E-state index is 0.546. The molecule has 2 rings (SSSR count). The molecule has 0 atom stereocenters. The Morgan fingerprint density at radius 1 is 1.73 bits per heavy atom. The molecule has 1 N–H and O–H groups in total. The number of H-pyrrole nitrogens is 1. The van der Waals surface area contributed by atoms with E-state index < -0.39 is 0 Å². The van der Waals surface area contributed by atoms with Gasteiger partial charge in [0, 0.05) is 6.20 Å². The zero-order valence-corrected chi connectivity index (χ0v) is 6.96. The molecule has 0 unspecified atom stereocenters. The van der Waals surface area contributed by atoms with Gasteiger partial charge < -0.3 is 4.98 Å². The first-order chi connectivity index (χ1) is 5.33. The average molecular weight is 211 g/mol. The molecule has 2 heterocycles. The average Bonchev–Trinajstić information content (AvgIpc) is 2.54. The molecule has 0 aromatic carbocycles. The molecule has 0 aliphatic heterocycles. The van der Waals surface area contributed by atoms with Gasteiger partial charge in [-0.25, -0.2) is 4.98 Å². The number of fused-ring (bicyclic) bond motifs is 1. The lowest BCUT2D eigenvalue weighted by Crippen LogP contribution is -1.83. The molecule has 0 aliphatic carbocycles. The number of imidazole rings is 2. The second-order valence-corrected chi connectivity index (χ2v) is 2.84. The first kappa shape index (κ1) is 6.43. The SMILES string of the molecule is N#Cc1c[nH]c2ncc(Br)n12. The molecule has 2 aromatic heterocycles. The molecule has 0 radical (unpaired) electrons. The van der Waals surface area contributed by atoms with Crippen molar-refractivity contribution in [2.24, 2.45) is 0 Å². The third kappa shape index (κ3) is 0.763. The van der Waals surface area contributed by atoms with E-state index >= 15 is 0 Å². The standard InChI is InChI=1S/C6H3BrN4/c7-5-3-10-6-9-2-4(1-8)11(5)6/h2-3H,(H,9,10). The Hall–Kier alpha value is -1.28. The van der Waals surface area contributed by atoms with E-state index in [1.807, 2.05) is 6.07 Å². The van der Waals surface area contributed by atoms with Crippen LogP contribution in [-0.4, -0.2) is 14.4 Å². The minimum Gasteiger partial charge on any atom is -0.329 e. The second-order valence-electron chi connectivity index (χ2n) is 2.03. The van der Waals surface area contributed by atoms with Crippen LogP contribution in [0, 0.1) is 11.3 Å². The molecular weight excluding hydrogens is 208 g/mol. The summed E-state index contributed by atoms with van der Waals surface area (Å²) >= 11 is 3.27. The van der Waals surface area contributed by atoms with E-state index in [0.717, 1.165) is 4.60 Å². The highest BCUT2D eigenvalue weighted by Gasteiger charge is 2.05. The van der Waals surface area contributed by atoms with Crippen molar-refractivity contribution in [1.29, 1.82) is 5.26 Å². The number of halogens is 1. The lowest BCUT2D eigenvalue weighted by molar-refractivity contribution is 1.14. The fourth-order valence-electron chi connectivity index (χ4n) is 0.942. The molecule has 2 aromatic rings. The molecule has 0 aliphatic rings. The van der Waals surface area contributed by atoms with Crippen molar-refractivity contribution in [1.82, 2.24) is 14.4 Å². The summed E-state index contributed by atoms with van der Waals surface area (Å²) in [7, 11) is 0. The summed E-state index contributed by atoms with van der Waals surface area (Å²) < 4.78 is 2.48. The molecule has 0 spiro atoms. The van der Waals surface area contributed by atoms with Gasteiger partial charge in [-0.2, -0.15) is 5.26 Å². The van der Waals surface area contributed by atoms with Crippen molar-refractivity contribution >= 4 is 21.7 Å². The van der Waals surface area contributed by atoms with Crippen LogP contribution in [0.1, 0.15) is 5.69 Å². The van der Waals surface area contributed by atoms with E-state index in [0.29, 0.717) is 11.5 Å². The number of rotatable bonds is 0. The number of nitrogens with zero attached hydrogens (tertiary/aromatic N) is 3. The van der Waals surface area contributed by atoms with Gasteiger partial charge in [-0.05, 0) is 15.9 Å². The van der Waals surface area contributed by atoms with Gasteiger partial charge in [-0.1, -0.05) is 0 Å². The lowest BCUT2D eigenvalue weighted by Gasteiger charge is -1.85. The monoisotopic (exact) mass is 210 g/mol. The highest BCUT2D eigenvalue weighted by Crippen LogP contribution is 2.13. The van der Waals surface area contributed by atoms with Crippen molar-refractivity contribution in [3.63, 3.8) is 0 Å². The zero-order chi connectivity index (χ0) is 7.84. The zero-order valence-electron chi connectivity index (χ0n) is 5.37. The molecule has 0 amide bonds. The van der Waals surface area contributed by atoms with Crippen molar-refractivity contribution in [3.05, 3.63) is 22.7 Å². The van der Waals surface area contributed by atoms with Crippen LogP contribution in [0.5, 0.6) is 0 Å². The summed E-state index contributed by atoms with van der Waals surface area (Å²) in [5, 5.41) is 8.63. The molecule has 4 nitrogen and oxygen atoms in total. The Balaban J connectivity index is 2.94. The topological polar surface area (TPSA) is 56.9 Å². The fraction of sp³-hybridized carbons (Fsp3) is 0. The molecular formula is C6H3BrN4. The van der Waals surface area contributed by atoms with Gasteiger partial charge in [0.2, 0.25) is 5.78 Å². The van der Waals surface area contributed by atoms with E-state index in [1.165, 1.54) is 0 Å². The number of nitrogens with one attached hydrogen (secondary N) is 1. The molecule has 11 heavy (non-hydrogen) atoms. The van der Waals surface area contributed by atoms with Crippen LogP contribution >= 0.6 is 15.9 Å². The first-order valence-corrected chi connectivity index (χ1v) is 3.72. The largest absolute Gasteiger partial charge is 0.329 e. The van der Waals surface area contributed by atoms with Gasteiger partial charge in [0.25, 0.3) is 0 Å². The fourth-order valence-corrected chi connectivity index (χ4v) is 1.40. The highest BCUT2D eigenvalue weighted by molar-refractivity contribution is 9.10. The minimum absolute atomic E-state index is 0.546. The number of aromatic nitrogens is 3. The Kier molecular flexibility index (Phi) is 1.23. The predicted octanol–water partition coefficient (Wildman–Crippen LogP) is 1.30. The van der Waals surface area contributed by atoms with Crippen LogP contribution in [0.3, 0.4) is 0 Å². The normalized spacial score (nSPS) is 10.2. The molecule has 5 heteroatoms. The van der Waals surface area contributed by atoms with Crippen LogP contribution in [0.4, 0.5) is 0 Å². The maximum absolute atomic E-state index is 8.63. The van der Waals surface area contributed by atoms with E-state index in [2.05, 4.69) is 25.9 Å². The Bertz CT molecular complexity index is 433. The van der Waals surface area contributed by atoms with Crippen molar-refractivity contribution < 1.29 is 0 Å². The van der Waals surface area contributed by atoms with Crippen LogP contribution in [0.25, 0.3) is 5.78 Å². The maximum atomic E-state index is 8.63. The third-order valence-corrected chi connectivity index (χ3v) is 1.97. The predicted molar refractivity (Wildman–Crippen MR) is 42.0 cm³/mol. The lowest BCUT2D eigenvalue weighted by atomic mass is 10.5. The first-order valence-electron chi connectivity index (χ1n) is 2.93.